The van der Waals surface area contributed by atoms with Gasteiger partial charge in [-0.3, -0.25) is 4.79 Å². The van der Waals surface area contributed by atoms with Crippen molar-refractivity contribution in [1.82, 2.24) is 19.6 Å². The second-order valence-corrected chi connectivity index (χ2v) is 5.70. The molecule has 4 aromatic rings. The highest BCUT2D eigenvalue weighted by Gasteiger charge is 2.15. The highest BCUT2D eigenvalue weighted by Crippen LogP contribution is 2.19. The number of benzene rings is 2. The molecule has 6 nitrogen and oxygen atoms in total. The number of amides is 1. The lowest BCUT2D eigenvalue weighted by atomic mass is 10.1. The van der Waals surface area contributed by atoms with E-state index in [4.69, 9.17) is 0 Å². The molecule has 1 N–H and O–H groups in total. The number of carbonyl (C=O) groups excluding carboxylic acids is 1. The second-order valence-electron chi connectivity index (χ2n) is 5.70. The first-order chi connectivity index (χ1) is 11.6. The highest BCUT2D eigenvalue weighted by atomic mass is 16.2. The van der Waals surface area contributed by atoms with Crippen LogP contribution in [0.1, 0.15) is 22.0 Å². The van der Waals surface area contributed by atoms with E-state index in [-0.39, 0.29) is 11.7 Å². The minimum absolute atomic E-state index is 0.101. The van der Waals surface area contributed by atoms with E-state index in [9.17, 15) is 4.79 Å². The fourth-order valence-electron chi connectivity index (χ4n) is 2.72. The lowest BCUT2D eigenvalue weighted by Crippen LogP contribution is -2.14. The molecule has 0 aliphatic rings. The Morgan fingerprint density at radius 2 is 1.79 bits per heavy atom. The van der Waals surface area contributed by atoms with Crippen molar-refractivity contribution >= 4 is 28.1 Å². The quantitative estimate of drug-likeness (QED) is 0.616. The zero-order chi connectivity index (χ0) is 16.7. The Morgan fingerprint density at radius 1 is 1.00 bits per heavy atom. The van der Waals surface area contributed by atoms with Gasteiger partial charge in [0.25, 0.3) is 11.7 Å². The Balaban J connectivity index is 1.66. The maximum Gasteiger partial charge on any atom is 0.295 e. The van der Waals surface area contributed by atoms with Crippen LogP contribution in [-0.4, -0.2) is 25.5 Å². The molecule has 1 amide bonds. The third kappa shape index (κ3) is 2.48. The normalized spacial score (nSPS) is 11.1. The van der Waals surface area contributed by atoms with Crippen molar-refractivity contribution in [1.29, 1.82) is 0 Å². The summed E-state index contributed by atoms with van der Waals surface area (Å²) >= 11 is 0. The smallest absolute Gasteiger partial charge is 0.295 e. The van der Waals surface area contributed by atoms with Crippen LogP contribution in [0, 0.1) is 13.8 Å². The van der Waals surface area contributed by atoms with E-state index in [1.165, 1.54) is 0 Å². The summed E-state index contributed by atoms with van der Waals surface area (Å²) in [5.41, 5.74) is 2.43. The van der Waals surface area contributed by atoms with Crippen LogP contribution in [-0.2, 0) is 0 Å². The van der Waals surface area contributed by atoms with Gasteiger partial charge >= 0.3 is 0 Å². The predicted octanol–water partition coefficient (Wildman–Crippen LogP) is 3.15. The standard InChI is InChI=1S/C18H15N5O/c1-11-9-12(2)23-18(19-11)21-16(22-23)17(24)20-15-8-7-13-5-3-4-6-14(13)10-15/h3-10H,1-2H3,(H,20,24). The van der Waals surface area contributed by atoms with Crippen LogP contribution in [0.15, 0.2) is 48.5 Å². The third-order valence-corrected chi connectivity index (χ3v) is 3.83. The van der Waals surface area contributed by atoms with Crippen molar-refractivity contribution in [3.05, 3.63) is 65.7 Å². The lowest BCUT2D eigenvalue weighted by molar-refractivity contribution is 0.101. The zero-order valence-corrected chi connectivity index (χ0v) is 13.3. The molecule has 2 aromatic heterocycles. The second kappa shape index (κ2) is 5.42. The number of nitrogens with zero attached hydrogens (tertiary/aromatic N) is 4. The predicted molar refractivity (Wildman–Crippen MR) is 92.2 cm³/mol. The molecule has 6 heteroatoms. The van der Waals surface area contributed by atoms with Crippen molar-refractivity contribution < 1.29 is 4.79 Å². The Bertz CT molecular complexity index is 1080. The fourth-order valence-corrected chi connectivity index (χ4v) is 2.72. The van der Waals surface area contributed by atoms with Gasteiger partial charge in [-0.1, -0.05) is 30.3 Å². The molecule has 0 aliphatic heterocycles. The topological polar surface area (TPSA) is 72.2 Å². The van der Waals surface area contributed by atoms with Crippen molar-refractivity contribution in [2.45, 2.75) is 13.8 Å². The molecule has 2 heterocycles. The molecule has 4 rings (SSSR count). The van der Waals surface area contributed by atoms with Crippen LogP contribution in [0.4, 0.5) is 5.69 Å². The maximum absolute atomic E-state index is 12.4. The van der Waals surface area contributed by atoms with Gasteiger partial charge in [0.15, 0.2) is 0 Å². The Hall–Kier alpha value is -3.28. The van der Waals surface area contributed by atoms with E-state index in [0.717, 1.165) is 22.2 Å². The van der Waals surface area contributed by atoms with Gasteiger partial charge in [0.05, 0.1) is 0 Å². The molecule has 0 atom stereocenters. The monoisotopic (exact) mass is 317 g/mol. The number of anilines is 1. The van der Waals surface area contributed by atoms with Gasteiger partial charge in [0.1, 0.15) is 0 Å². The summed E-state index contributed by atoms with van der Waals surface area (Å²) in [6, 6.07) is 15.6. The van der Waals surface area contributed by atoms with Crippen LogP contribution < -0.4 is 5.32 Å². The van der Waals surface area contributed by atoms with E-state index < -0.39 is 0 Å². The van der Waals surface area contributed by atoms with E-state index >= 15 is 0 Å². The molecule has 2 aromatic carbocycles. The molecule has 118 valence electrons. The summed E-state index contributed by atoms with van der Waals surface area (Å²) in [4.78, 5) is 21.0. The van der Waals surface area contributed by atoms with Crippen molar-refractivity contribution in [2.75, 3.05) is 5.32 Å². The lowest BCUT2D eigenvalue weighted by Gasteiger charge is -2.04. The van der Waals surface area contributed by atoms with Crippen LogP contribution in [0.25, 0.3) is 16.6 Å². The van der Waals surface area contributed by atoms with Gasteiger partial charge in [0.2, 0.25) is 5.82 Å². The summed E-state index contributed by atoms with van der Waals surface area (Å²) in [7, 11) is 0. The van der Waals surface area contributed by atoms with Gasteiger partial charge in [0, 0.05) is 17.1 Å². The summed E-state index contributed by atoms with van der Waals surface area (Å²) in [5, 5.41) is 9.27. The molecule has 0 aliphatic carbocycles. The first-order valence-electron chi connectivity index (χ1n) is 7.61. The molecule has 0 fully saturated rings. The largest absolute Gasteiger partial charge is 0.319 e. The average molecular weight is 317 g/mol. The van der Waals surface area contributed by atoms with Crippen LogP contribution in [0.3, 0.4) is 0 Å². The number of carbonyl (C=O) groups is 1. The highest BCUT2D eigenvalue weighted by molar-refractivity contribution is 6.03. The van der Waals surface area contributed by atoms with Gasteiger partial charge in [-0.2, -0.15) is 4.98 Å². The first-order valence-corrected chi connectivity index (χ1v) is 7.61. The fraction of sp³-hybridized carbons (Fsp3) is 0.111. The summed E-state index contributed by atoms with van der Waals surface area (Å²) in [5.74, 6) is 0.174. The average Bonchev–Trinajstić information content (AvgIpc) is 2.99. The number of rotatable bonds is 2. The number of hydrogen-bond donors (Lipinski definition) is 1. The van der Waals surface area contributed by atoms with Crippen molar-refractivity contribution in [3.63, 3.8) is 0 Å². The number of aromatic nitrogens is 4. The zero-order valence-electron chi connectivity index (χ0n) is 13.3. The summed E-state index contributed by atoms with van der Waals surface area (Å²) < 4.78 is 1.57. The van der Waals surface area contributed by atoms with Gasteiger partial charge < -0.3 is 5.32 Å². The SMILES string of the molecule is Cc1cc(C)n2nc(C(=O)Nc3ccc4ccccc4c3)nc2n1. The minimum Gasteiger partial charge on any atom is -0.319 e. The molecular weight excluding hydrogens is 302 g/mol. The van der Waals surface area contributed by atoms with Crippen molar-refractivity contribution in [2.24, 2.45) is 0 Å². The molecule has 0 unspecified atom stereocenters. The van der Waals surface area contributed by atoms with Gasteiger partial charge in [-0.05, 0) is 42.8 Å². The first kappa shape index (κ1) is 14.3. The number of hydrogen-bond acceptors (Lipinski definition) is 4. The minimum atomic E-state index is -0.354. The molecular formula is C18H15N5O. The molecule has 0 bridgehead atoms. The van der Waals surface area contributed by atoms with Crippen molar-refractivity contribution in [3.8, 4) is 0 Å². The third-order valence-electron chi connectivity index (χ3n) is 3.83. The van der Waals surface area contributed by atoms with E-state index in [2.05, 4.69) is 20.4 Å². The molecule has 0 spiro atoms. The summed E-state index contributed by atoms with van der Waals surface area (Å²) in [6.45, 7) is 3.79. The molecule has 24 heavy (non-hydrogen) atoms. The Morgan fingerprint density at radius 3 is 2.62 bits per heavy atom. The van der Waals surface area contributed by atoms with E-state index in [1.807, 2.05) is 62.4 Å². The number of fused-ring (bicyclic) bond motifs is 2. The Kier molecular flexibility index (Phi) is 3.23. The summed E-state index contributed by atoms with van der Waals surface area (Å²) in [6.07, 6.45) is 0. The van der Waals surface area contributed by atoms with Gasteiger partial charge in [-0.25, -0.2) is 9.50 Å². The van der Waals surface area contributed by atoms with Crippen LogP contribution in [0.2, 0.25) is 0 Å². The Labute approximate surface area is 138 Å². The van der Waals surface area contributed by atoms with Crippen LogP contribution in [0.5, 0.6) is 0 Å². The molecule has 0 saturated carbocycles. The molecule has 0 radical (unpaired) electrons. The molecule has 0 saturated heterocycles. The number of nitrogens with one attached hydrogen (secondary N) is 1. The number of aryl methyl sites for hydroxylation is 2. The van der Waals surface area contributed by atoms with Crippen LogP contribution >= 0.6 is 0 Å². The van der Waals surface area contributed by atoms with E-state index in [0.29, 0.717) is 11.5 Å². The van der Waals surface area contributed by atoms with Gasteiger partial charge in [-0.15, -0.1) is 5.10 Å². The van der Waals surface area contributed by atoms with E-state index in [1.54, 1.807) is 4.52 Å². The maximum atomic E-state index is 12.4.